The Morgan fingerprint density at radius 1 is 1.22 bits per heavy atom. The molecule has 0 aliphatic rings. The summed E-state index contributed by atoms with van der Waals surface area (Å²) in [4.78, 5) is 11.0. The van der Waals surface area contributed by atoms with Crippen LogP contribution in [0.5, 0.6) is 0 Å². The van der Waals surface area contributed by atoms with E-state index in [9.17, 15) is 0 Å². The average Bonchev–Trinajstić information content (AvgIpc) is 2.51. The predicted octanol–water partition coefficient (Wildman–Crippen LogP) is 2.76. The fraction of sp³-hybridized carbons (Fsp3) is 0.353. The molecule has 6 nitrogen and oxygen atoms in total. The van der Waals surface area contributed by atoms with Crippen molar-refractivity contribution in [3.8, 4) is 6.07 Å². The van der Waals surface area contributed by atoms with Crippen molar-refractivity contribution in [1.29, 1.82) is 5.26 Å². The highest BCUT2D eigenvalue weighted by Crippen LogP contribution is 2.20. The van der Waals surface area contributed by atoms with Crippen molar-refractivity contribution in [3.05, 3.63) is 41.6 Å². The lowest BCUT2D eigenvalue weighted by Gasteiger charge is -2.12. The Hall–Kier alpha value is -2.65. The number of hydrogen-bond donors (Lipinski definition) is 2. The van der Waals surface area contributed by atoms with E-state index < -0.39 is 0 Å². The van der Waals surface area contributed by atoms with Gasteiger partial charge in [-0.25, -0.2) is 4.98 Å². The number of rotatable bonds is 7. The van der Waals surface area contributed by atoms with Gasteiger partial charge in [0.05, 0.1) is 11.3 Å². The van der Waals surface area contributed by atoms with Crippen LogP contribution >= 0.6 is 0 Å². The van der Waals surface area contributed by atoms with Crippen molar-refractivity contribution < 1.29 is 0 Å². The maximum absolute atomic E-state index is 9.15. The minimum absolute atomic E-state index is 0.587. The Morgan fingerprint density at radius 2 is 2.00 bits per heavy atom. The fourth-order valence-corrected chi connectivity index (χ4v) is 2.13. The molecular formula is C17H22N6. The number of anilines is 3. The number of nitrogens with one attached hydrogen (secondary N) is 2. The van der Waals surface area contributed by atoms with Gasteiger partial charge in [-0.1, -0.05) is 12.1 Å². The molecule has 0 aliphatic heterocycles. The average molecular weight is 310 g/mol. The molecule has 0 atom stereocenters. The van der Waals surface area contributed by atoms with Gasteiger partial charge in [0.2, 0.25) is 5.95 Å². The Morgan fingerprint density at radius 3 is 2.74 bits per heavy atom. The monoisotopic (exact) mass is 310 g/mol. The number of aryl methyl sites for hydroxylation is 1. The summed E-state index contributed by atoms with van der Waals surface area (Å²) in [5.74, 6) is 1.27. The van der Waals surface area contributed by atoms with E-state index in [-0.39, 0.29) is 0 Å². The van der Waals surface area contributed by atoms with Crippen LogP contribution < -0.4 is 10.6 Å². The second-order valence-corrected chi connectivity index (χ2v) is 5.58. The van der Waals surface area contributed by atoms with E-state index in [4.69, 9.17) is 5.26 Å². The maximum Gasteiger partial charge on any atom is 0.224 e. The highest BCUT2D eigenvalue weighted by molar-refractivity contribution is 5.64. The van der Waals surface area contributed by atoms with Crippen LogP contribution in [0.15, 0.2) is 30.3 Å². The van der Waals surface area contributed by atoms with Crippen LogP contribution in [0.25, 0.3) is 0 Å². The Balaban J connectivity index is 2.07. The van der Waals surface area contributed by atoms with Gasteiger partial charge in [0, 0.05) is 18.3 Å². The first-order valence-corrected chi connectivity index (χ1v) is 7.59. The summed E-state index contributed by atoms with van der Waals surface area (Å²) in [7, 11) is 4.11. The first kappa shape index (κ1) is 16.7. The molecule has 0 amide bonds. The zero-order chi connectivity index (χ0) is 16.7. The zero-order valence-corrected chi connectivity index (χ0v) is 13.8. The van der Waals surface area contributed by atoms with Gasteiger partial charge in [0.25, 0.3) is 0 Å². The smallest absolute Gasteiger partial charge is 0.224 e. The quantitative estimate of drug-likeness (QED) is 0.766. The molecule has 6 heteroatoms. The lowest BCUT2D eigenvalue weighted by Crippen LogP contribution is -2.17. The molecule has 0 aliphatic carbocycles. The van der Waals surface area contributed by atoms with Crippen LogP contribution in [-0.4, -0.2) is 42.1 Å². The third-order valence-corrected chi connectivity index (χ3v) is 3.23. The summed E-state index contributed by atoms with van der Waals surface area (Å²) in [5, 5.41) is 15.6. The second-order valence-electron chi connectivity index (χ2n) is 5.58. The molecule has 23 heavy (non-hydrogen) atoms. The van der Waals surface area contributed by atoms with Crippen LogP contribution in [0.3, 0.4) is 0 Å². The highest BCUT2D eigenvalue weighted by Gasteiger charge is 2.05. The topological polar surface area (TPSA) is 76.9 Å². The molecule has 1 heterocycles. The molecule has 1 aromatic carbocycles. The number of benzene rings is 1. The van der Waals surface area contributed by atoms with Gasteiger partial charge in [-0.15, -0.1) is 0 Å². The van der Waals surface area contributed by atoms with Crippen molar-refractivity contribution in [1.82, 2.24) is 14.9 Å². The van der Waals surface area contributed by atoms with Crippen LogP contribution in [-0.2, 0) is 0 Å². The molecule has 0 spiro atoms. The van der Waals surface area contributed by atoms with Gasteiger partial charge in [-0.05, 0) is 46.1 Å². The zero-order valence-electron chi connectivity index (χ0n) is 13.8. The van der Waals surface area contributed by atoms with Gasteiger partial charge < -0.3 is 15.5 Å². The predicted molar refractivity (Wildman–Crippen MR) is 92.9 cm³/mol. The van der Waals surface area contributed by atoms with E-state index in [1.165, 1.54) is 0 Å². The molecular weight excluding hydrogens is 288 g/mol. The van der Waals surface area contributed by atoms with Crippen LogP contribution in [0, 0.1) is 18.3 Å². The molecule has 120 valence electrons. The largest absolute Gasteiger partial charge is 0.354 e. The molecule has 1 aromatic heterocycles. The Bertz CT molecular complexity index is 690. The lowest BCUT2D eigenvalue weighted by molar-refractivity contribution is 0.405. The molecule has 0 saturated carbocycles. The minimum Gasteiger partial charge on any atom is -0.354 e. The summed E-state index contributed by atoms with van der Waals surface area (Å²) in [6.45, 7) is 3.75. The molecule has 0 radical (unpaired) electrons. The molecule has 2 N–H and O–H groups in total. The Kier molecular flexibility index (Phi) is 5.89. The van der Waals surface area contributed by atoms with Crippen molar-refractivity contribution in [2.45, 2.75) is 13.3 Å². The highest BCUT2D eigenvalue weighted by atomic mass is 15.1. The number of nitrogens with zero attached hydrogens (tertiary/aromatic N) is 4. The van der Waals surface area contributed by atoms with E-state index in [0.717, 1.165) is 30.9 Å². The SMILES string of the molecule is Cc1cc(Nc2ccccc2C#N)nc(NCCCN(C)C)n1. The lowest BCUT2D eigenvalue weighted by atomic mass is 10.2. The first-order valence-electron chi connectivity index (χ1n) is 7.59. The molecule has 2 aromatic rings. The second kappa shape index (κ2) is 8.11. The van der Waals surface area contributed by atoms with Crippen LogP contribution in [0.1, 0.15) is 17.7 Å². The Labute approximate surface area is 137 Å². The summed E-state index contributed by atoms with van der Waals surface area (Å²) in [5.41, 5.74) is 2.20. The van der Waals surface area contributed by atoms with E-state index in [1.807, 2.05) is 31.2 Å². The molecule has 0 saturated heterocycles. The molecule has 0 bridgehead atoms. The number of para-hydroxylation sites is 1. The normalized spacial score (nSPS) is 10.4. The van der Waals surface area contributed by atoms with Gasteiger partial charge in [0.15, 0.2) is 0 Å². The van der Waals surface area contributed by atoms with Gasteiger partial charge >= 0.3 is 0 Å². The summed E-state index contributed by atoms with van der Waals surface area (Å²) >= 11 is 0. The fourth-order valence-electron chi connectivity index (χ4n) is 2.13. The van der Waals surface area contributed by atoms with Crippen molar-refractivity contribution >= 4 is 17.5 Å². The maximum atomic E-state index is 9.15. The molecule has 2 rings (SSSR count). The van der Waals surface area contributed by atoms with Crippen molar-refractivity contribution in [2.24, 2.45) is 0 Å². The van der Waals surface area contributed by atoms with Gasteiger partial charge in [-0.3, -0.25) is 0 Å². The van der Waals surface area contributed by atoms with E-state index >= 15 is 0 Å². The van der Waals surface area contributed by atoms with Crippen molar-refractivity contribution in [3.63, 3.8) is 0 Å². The molecule has 0 unspecified atom stereocenters. The number of hydrogen-bond acceptors (Lipinski definition) is 6. The minimum atomic E-state index is 0.587. The van der Waals surface area contributed by atoms with E-state index in [1.54, 1.807) is 6.07 Å². The van der Waals surface area contributed by atoms with E-state index in [2.05, 4.69) is 45.7 Å². The first-order chi connectivity index (χ1) is 11.1. The van der Waals surface area contributed by atoms with Crippen molar-refractivity contribution in [2.75, 3.05) is 37.8 Å². The summed E-state index contributed by atoms with van der Waals surface area (Å²) in [6, 6.07) is 11.4. The van der Waals surface area contributed by atoms with Crippen LogP contribution in [0.4, 0.5) is 17.5 Å². The summed E-state index contributed by atoms with van der Waals surface area (Å²) in [6.07, 6.45) is 1.02. The standard InChI is InChI=1S/C17H22N6/c1-13-11-16(21-15-8-5-4-7-14(15)12-18)22-17(20-13)19-9-6-10-23(2)3/h4-5,7-8,11H,6,9-10H2,1-3H3,(H2,19,20,21,22). The van der Waals surface area contributed by atoms with Gasteiger partial charge in [0.1, 0.15) is 11.9 Å². The number of nitriles is 1. The third-order valence-electron chi connectivity index (χ3n) is 3.23. The van der Waals surface area contributed by atoms with Crippen LogP contribution in [0.2, 0.25) is 0 Å². The third kappa shape index (κ3) is 5.24. The van der Waals surface area contributed by atoms with Gasteiger partial charge in [-0.2, -0.15) is 10.2 Å². The molecule has 0 fully saturated rings. The number of aromatic nitrogens is 2. The van der Waals surface area contributed by atoms with E-state index in [0.29, 0.717) is 17.3 Å². The summed E-state index contributed by atoms with van der Waals surface area (Å²) < 4.78 is 0.